The lowest BCUT2D eigenvalue weighted by molar-refractivity contribution is -0.114. The van der Waals surface area contributed by atoms with Crippen LogP contribution < -0.4 is 14.4 Å². The molecule has 0 aliphatic heterocycles. The van der Waals surface area contributed by atoms with E-state index in [0.717, 1.165) is 4.31 Å². The van der Waals surface area contributed by atoms with Crippen molar-refractivity contribution in [1.82, 2.24) is 0 Å². The Morgan fingerprint density at radius 2 is 1.65 bits per heavy atom. The largest absolute Gasteiger partial charge is 0.496 e. The standard InChI is InChI=1S/C25H26N2O6S/c1-4-33-25(29)21-12-8-9-13-22(21)26-24(28)17-27(19-10-6-5-7-11-19)34(30,31)20-14-15-23(32-3)18(2)16-20/h5-16H,4,17H2,1-3H3,(H,26,28). The molecule has 0 saturated heterocycles. The highest BCUT2D eigenvalue weighted by atomic mass is 32.2. The number of methoxy groups -OCH3 is 1. The van der Waals surface area contributed by atoms with Gasteiger partial charge in [0.15, 0.2) is 0 Å². The van der Waals surface area contributed by atoms with Crippen LogP contribution in [0.1, 0.15) is 22.8 Å². The number of esters is 1. The SMILES string of the molecule is CCOC(=O)c1ccccc1NC(=O)CN(c1ccccc1)S(=O)(=O)c1ccc(OC)c(C)c1. The first-order valence-corrected chi connectivity index (χ1v) is 12.0. The van der Waals surface area contributed by atoms with Crippen LogP contribution in [0.3, 0.4) is 0 Å². The molecule has 1 N–H and O–H groups in total. The topological polar surface area (TPSA) is 102 Å². The molecule has 0 fully saturated rings. The number of nitrogens with zero attached hydrogens (tertiary/aromatic N) is 1. The van der Waals surface area contributed by atoms with Gasteiger partial charge in [0.05, 0.1) is 35.6 Å². The molecule has 3 aromatic carbocycles. The molecule has 0 aromatic heterocycles. The van der Waals surface area contributed by atoms with Crippen molar-refractivity contribution in [2.45, 2.75) is 18.7 Å². The van der Waals surface area contributed by atoms with E-state index in [1.807, 2.05) is 0 Å². The van der Waals surface area contributed by atoms with E-state index < -0.39 is 28.4 Å². The van der Waals surface area contributed by atoms with Gasteiger partial charge >= 0.3 is 5.97 Å². The molecule has 0 atom stereocenters. The number of carbonyl (C=O) groups is 2. The lowest BCUT2D eigenvalue weighted by Crippen LogP contribution is -2.38. The average Bonchev–Trinajstić information content (AvgIpc) is 2.83. The number of benzene rings is 3. The molecule has 0 aliphatic carbocycles. The number of para-hydroxylation sites is 2. The van der Waals surface area contributed by atoms with Gasteiger partial charge in [0.2, 0.25) is 5.91 Å². The number of carbonyl (C=O) groups excluding carboxylic acids is 2. The molecule has 3 rings (SSSR count). The van der Waals surface area contributed by atoms with Crippen molar-refractivity contribution in [3.63, 3.8) is 0 Å². The van der Waals surface area contributed by atoms with Gasteiger partial charge in [0.25, 0.3) is 10.0 Å². The first-order chi connectivity index (χ1) is 16.3. The zero-order valence-electron chi connectivity index (χ0n) is 19.1. The van der Waals surface area contributed by atoms with Gasteiger partial charge in [-0.2, -0.15) is 0 Å². The van der Waals surface area contributed by atoms with E-state index in [9.17, 15) is 18.0 Å². The Balaban J connectivity index is 1.94. The monoisotopic (exact) mass is 482 g/mol. The minimum absolute atomic E-state index is 0.0226. The molecule has 34 heavy (non-hydrogen) atoms. The van der Waals surface area contributed by atoms with E-state index in [2.05, 4.69) is 5.32 Å². The van der Waals surface area contributed by atoms with E-state index in [-0.39, 0.29) is 22.8 Å². The normalized spacial score (nSPS) is 10.9. The zero-order chi connectivity index (χ0) is 24.7. The maximum Gasteiger partial charge on any atom is 0.340 e. The zero-order valence-corrected chi connectivity index (χ0v) is 20.0. The highest BCUT2D eigenvalue weighted by Gasteiger charge is 2.28. The molecular weight excluding hydrogens is 456 g/mol. The van der Waals surface area contributed by atoms with Crippen LogP contribution in [0.4, 0.5) is 11.4 Å². The summed E-state index contributed by atoms with van der Waals surface area (Å²) in [5, 5.41) is 2.64. The lowest BCUT2D eigenvalue weighted by Gasteiger charge is -2.24. The summed E-state index contributed by atoms with van der Waals surface area (Å²) in [5.41, 5.74) is 1.38. The van der Waals surface area contributed by atoms with Crippen molar-refractivity contribution in [2.24, 2.45) is 0 Å². The molecule has 0 spiro atoms. The van der Waals surface area contributed by atoms with Gasteiger partial charge in [-0.05, 0) is 61.9 Å². The van der Waals surface area contributed by atoms with Crippen molar-refractivity contribution in [1.29, 1.82) is 0 Å². The fourth-order valence-electron chi connectivity index (χ4n) is 3.35. The van der Waals surface area contributed by atoms with Gasteiger partial charge < -0.3 is 14.8 Å². The van der Waals surface area contributed by atoms with Gasteiger partial charge in [0.1, 0.15) is 12.3 Å². The maximum atomic E-state index is 13.6. The number of nitrogens with one attached hydrogen (secondary N) is 1. The van der Waals surface area contributed by atoms with Crippen LogP contribution >= 0.6 is 0 Å². The van der Waals surface area contributed by atoms with E-state index in [4.69, 9.17) is 9.47 Å². The van der Waals surface area contributed by atoms with E-state index >= 15 is 0 Å². The van der Waals surface area contributed by atoms with Crippen molar-refractivity contribution in [3.8, 4) is 5.75 Å². The molecule has 0 unspecified atom stereocenters. The van der Waals surface area contributed by atoms with Gasteiger partial charge in [0, 0.05) is 0 Å². The molecule has 0 saturated carbocycles. The fourth-order valence-corrected chi connectivity index (χ4v) is 4.85. The third-order valence-corrected chi connectivity index (χ3v) is 6.75. The van der Waals surface area contributed by atoms with Gasteiger partial charge in [-0.25, -0.2) is 13.2 Å². The number of sulfonamides is 1. The third-order valence-electron chi connectivity index (χ3n) is 4.98. The summed E-state index contributed by atoms with van der Waals surface area (Å²) in [4.78, 5) is 25.2. The summed E-state index contributed by atoms with van der Waals surface area (Å²) in [6, 6.07) is 19.2. The summed E-state index contributed by atoms with van der Waals surface area (Å²) >= 11 is 0. The van der Waals surface area contributed by atoms with Crippen LogP contribution in [0.2, 0.25) is 0 Å². The van der Waals surface area contributed by atoms with Gasteiger partial charge in [-0.3, -0.25) is 9.10 Å². The van der Waals surface area contributed by atoms with Crippen LogP contribution in [0.25, 0.3) is 0 Å². The highest BCUT2D eigenvalue weighted by molar-refractivity contribution is 7.92. The molecule has 0 bridgehead atoms. The number of anilines is 2. The number of rotatable bonds is 9. The number of hydrogen-bond acceptors (Lipinski definition) is 6. The summed E-state index contributed by atoms with van der Waals surface area (Å²) in [6.45, 7) is 3.10. The summed E-state index contributed by atoms with van der Waals surface area (Å²) in [5.74, 6) is -0.646. The van der Waals surface area contributed by atoms with E-state index in [0.29, 0.717) is 17.0 Å². The minimum atomic E-state index is -4.10. The van der Waals surface area contributed by atoms with Crippen LogP contribution in [0, 0.1) is 6.92 Å². The molecule has 178 valence electrons. The number of ether oxygens (including phenoxy) is 2. The minimum Gasteiger partial charge on any atom is -0.496 e. The Bertz CT molecular complexity index is 1280. The van der Waals surface area contributed by atoms with E-state index in [1.54, 1.807) is 68.4 Å². The van der Waals surface area contributed by atoms with Crippen molar-refractivity contribution in [3.05, 3.63) is 83.9 Å². The maximum absolute atomic E-state index is 13.6. The summed E-state index contributed by atoms with van der Waals surface area (Å²) in [7, 11) is -2.59. The molecule has 0 radical (unpaired) electrons. The van der Waals surface area contributed by atoms with Crippen molar-refractivity contribution in [2.75, 3.05) is 29.9 Å². The van der Waals surface area contributed by atoms with Crippen molar-refractivity contribution >= 4 is 33.3 Å². The predicted molar refractivity (Wildman–Crippen MR) is 130 cm³/mol. The molecule has 0 aliphatic rings. The Morgan fingerprint density at radius 3 is 2.29 bits per heavy atom. The first-order valence-electron chi connectivity index (χ1n) is 10.6. The molecule has 1 amide bonds. The van der Waals surface area contributed by atoms with Crippen LogP contribution in [0.15, 0.2) is 77.7 Å². The Kier molecular flexibility index (Phi) is 7.91. The molecular formula is C25H26N2O6S. The van der Waals surface area contributed by atoms with E-state index in [1.165, 1.54) is 25.3 Å². The Hall–Kier alpha value is -3.85. The predicted octanol–water partition coefficient (Wildman–Crippen LogP) is 4.01. The lowest BCUT2D eigenvalue weighted by atomic mass is 10.2. The van der Waals surface area contributed by atoms with Crippen LogP contribution in [0.5, 0.6) is 5.75 Å². The Labute approximate surface area is 199 Å². The Morgan fingerprint density at radius 1 is 0.971 bits per heavy atom. The molecule has 9 heteroatoms. The molecule has 3 aromatic rings. The van der Waals surface area contributed by atoms with Gasteiger partial charge in [-0.15, -0.1) is 0 Å². The number of hydrogen-bond donors (Lipinski definition) is 1. The first kappa shape index (κ1) is 24.8. The van der Waals surface area contributed by atoms with Gasteiger partial charge in [-0.1, -0.05) is 30.3 Å². The average molecular weight is 483 g/mol. The van der Waals surface area contributed by atoms with Crippen LogP contribution in [-0.4, -0.2) is 40.6 Å². The highest BCUT2D eigenvalue weighted by Crippen LogP contribution is 2.27. The number of amides is 1. The smallest absolute Gasteiger partial charge is 0.340 e. The second-order valence-corrected chi connectivity index (χ2v) is 9.16. The third kappa shape index (κ3) is 5.55. The second kappa shape index (κ2) is 10.8. The number of aryl methyl sites for hydroxylation is 1. The summed E-state index contributed by atoms with van der Waals surface area (Å²) < 4.78 is 38.4. The van der Waals surface area contributed by atoms with Crippen LogP contribution in [-0.2, 0) is 19.6 Å². The molecule has 8 nitrogen and oxygen atoms in total. The fraction of sp³-hybridized carbons (Fsp3) is 0.200. The summed E-state index contributed by atoms with van der Waals surface area (Å²) in [6.07, 6.45) is 0. The second-order valence-electron chi connectivity index (χ2n) is 7.29. The quantitative estimate of drug-likeness (QED) is 0.462. The molecule has 0 heterocycles. The van der Waals surface area contributed by atoms with Crippen molar-refractivity contribution < 1.29 is 27.5 Å².